The van der Waals surface area contributed by atoms with Crippen molar-refractivity contribution in [2.24, 2.45) is 5.73 Å². The van der Waals surface area contributed by atoms with Crippen LogP contribution in [0.3, 0.4) is 0 Å². The van der Waals surface area contributed by atoms with E-state index in [4.69, 9.17) is 5.73 Å². The van der Waals surface area contributed by atoms with Crippen LogP contribution in [0.5, 0.6) is 0 Å². The lowest BCUT2D eigenvalue weighted by molar-refractivity contribution is -0.117. The number of thioether (sulfide) groups is 1. The van der Waals surface area contributed by atoms with Crippen LogP contribution in [0, 0.1) is 5.82 Å². The van der Waals surface area contributed by atoms with Crippen LogP contribution >= 0.6 is 11.8 Å². The lowest BCUT2D eigenvalue weighted by Crippen LogP contribution is -2.28. The zero-order valence-electron chi connectivity index (χ0n) is 12.9. The van der Waals surface area contributed by atoms with Gasteiger partial charge in [-0.05, 0) is 29.8 Å². The van der Waals surface area contributed by atoms with Crippen molar-refractivity contribution in [2.75, 3.05) is 11.1 Å². The number of carbonyl (C=O) groups excluding carboxylic acids is 2. The van der Waals surface area contributed by atoms with Crippen LogP contribution in [0.1, 0.15) is 12.0 Å². The molecule has 4 N–H and O–H groups in total. The first kappa shape index (κ1) is 17.8. The van der Waals surface area contributed by atoms with E-state index in [0.29, 0.717) is 17.0 Å². The number of anilines is 1. The van der Waals surface area contributed by atoms with E-state index < -0.39 is 0 Å². The maximum atomic E-state index is 13.1. The molecule has 0 bridgehead atoms. The van der Waals surface area contributed by atoms with Crippen molar-refractivity contribution in [3.8, 4) is 0 Å². The second-order valence-electron chi connectivity index (χ2n) is 5.00. The van der Waals surface area contributed by atoms with Crippen LogP contribution in [0.2, 0.25) is 0 Å². The molecule has 0 unspecified atom stereocenters. The van der Waals surface area contributed by atoms with Gasteiger partial charge in [0.05, 0.1) is 5.69 Å². The van der Waals surface area contributed by atoms with E-state index >= 15 is 0 Å². The largest absolute Gasteiger partial charge is 0.370 e. The molecule has 5 nitrogen and oxygen atoms in total. The molecule has 0 spiro atoms. The predicted molar refractivity (Wildman–Crippen MR) is 93.2 cm³/mol. The SMILES string of the molecule is NC(=O)CCSc1ccccc1NC(=O)NCc1cccc(F)c1. The Morgan fingerprint density at radius 1 is 1.12 bits per heavy atom. The number of urea groups is 1. The summed E-state index contributed by atoms with van der Waals surface area (Å²) in [7, 11) is 0. The predicted octanol–water partition coefficient (Wildman–Crippen LogP) is 3.11. The summed E-state index contributed by atoms with van der Waals surface area (Å²) in [6.45, 7) is 0.223. The minimum atomic E-state index is -0.387. The summed E-state index contributed by atoms with van der Waals surface area (Å²) in [6.07, 6.45) is 0.269. The summed E-state index contributed by atoms with van der Waals surface area (Å²) in [5, 5.41) is 5.43. The number of benzene rings is 2. The third-order valence-electron chi connectivity index (χ3n) is 3.08. The molecular formula is C17H18FN3O2S. The quantitative estimate of drug-likeness (QED) is 0.673. The van der Waals surface area contributed by atoms with E-state index in [-0.39, 0.29) is 30.7 Å². The fourth-order valence-electron chi connectivity index (χ4n) is 1.95. The monoisotopic (exact) mass is 347 g/mol. The van der Waals surface area contributed by atoms with Crippen LogP contribution < -0.4 is 16.4 Å². The number of hydrogen-bond acceptors (Lipinski definition) is 3. The molecule has 3 amide bonds. The summed E-state index contributed by atoms with van der Waals surface area (Å²) in [4.78, 5) is 23.7. The van der Waals surface area contributed by atoms with Gasteiger partial charge in [-0.15, -0.1) is 11.8 Å². The molecule has 0 aromatic heterocycles. The Kier molecular flexibility index (Phi) is 6.62. The Bertz CT molecular complexity index is 724. The number of amides is 3. The van der Waals surface area contributed by atoms with E-state index in [9.17, 15) is 14.0 Å². The van der Waals surface area contributed by atoms with Crippen molar-refractivity contribution in [1.82, 2.24) is 5.32 Å². The number of nitrogens with two attached hydrogens (primary N) is 1. The molecule has 2 aromatic rings. The number of nitrogens with one attached hydrogen (secondary N) is 2. The second kappa shape index (κ2) is 8.93. The summed E-state index contributed by atoms with van der Waals surface area (Å²) in [5.74, 6) is -0.162. The maximum absolute atomic E-state index is 13.1. The number of para-hydroxylation sites is 1. The Labute approximate surface area is 143 Å². The molecule has 0 saturated carbocycles. The van der Waals surface area contributed by atoms with Crippen molar-refractivity contribution in [1.29, 1.82) is 0 Å². The van der Waals surface area contributed by atoms with Gasteiger partial charge in [-0.1, -0.05) is 24.3 Å². The molecular weight excluding hydrogens is 329 g/mol. The van der Waals surface area contributed by atoms with E-state index in [1.54, 1.807) is 24.3 Å². The molecule has 0 aliphatic carbocycles. The fourth-order valence-corrected chi connectivity index (χ4v) is 2.93. The van der Waals surface area contributed by atoms with Crippen LogP contribution in [-0.4, -0.2) is 17.7 Å². The highest BCUT2D eigenvalue weighted by Crippen LogP contribution is 2.27. The Morgan fingerprint density at radius 2 is 1.92 bits per heavy atom. The van der Waals surface area contributed by atoms with Crippen molar-refractivity contribution in [3.63, 3.8) is 0 Å². The van der Waals surface area contributed by atoms with Crippen molar-refractivity contribution in [3.05, 3.63) is 59.9 Å². The summed E-state index contributed by atoms with van der Waals surface area (Å²) < 4.78 is 13.1. The molecule has 0 atom stereocenters. The second-order valence-corrected chi connectivity index (χ2v) is 6.14. The van der Waals surface area contributed by atoms with Crippen LogP contribution in [0.15, 0.2) is 53.4 Å². The normalized spacial score (nSPS) is 10.2. The minimum absolute atomic E-state index is 0.223. The molecule has 2 rings (SSSR count). The third-order valence-corrected chi connectivity index (χ3v) is 4.16. The molecule has 0 saturated heterocycles. The first-order chi connectivity index (χ1) is 11.5. The molecule has 7 heteroatoms. The van der Waals surface area contributed by atoms with Gasteiger partial charge in [0.15, 0.2) is 0 Å². The number of carbonyl (C=O) groups is 2. The van der Waals surface area contributed by atoms with Crippen LogP contribution in [0.25, 0.3) is 0 Å². The zero-order valence-corrected chi connectivity index (χ0v) is 13.7. The number of halogens is 1. The molecule has 126 valence electrons. The molecule has 24 heavy (non-hydrogen) atoms. The fraction of sp³-hybridized carbons (Fsp3) is 0.176. The molecule has 0 aliphatic heterocycles. The van der Waals surface area contributed by atoms with Gasteiger partial charge in [0, 0.05) is 23.6 Å². The smallest absolute Gasteiger partial charge is 0.319 e. The minimum Gasteiger partial charge on any atom is -0.370 e. The molecule has 2 aromatic carbocycles. The summed E-state index contributed by atoms with van der Waals surface area (Å²) in [5.41, 5.74) is 6.44. The molecule has 0 radical (unpaired) electrons. The Morgan fingerprint density at radius 3 is 2.67 bits per heavy atom. The lowest BCUT2D eigenvalue weighted by Gasteiger charge is -2.11. The highest BCUT2D eigenvalue weighted by atomic mass is 32.2. The van der Waals surface area contributed by atoms with Gasteiger partial charge in [-0.25, -0.2) is 9.18 Å². The Hall–Kier alpha value is -2.54. The van der Waals surface area contributed by atoms with Gasteiger partial charge in [0.1, 0.15) is 5.82 Å². The number of hydrogen-bond donors (Lipinski definition) is 3. The van der Waals surface area contributed by atoms with E-state index in [2.05, 4.69) is 10.6 Å². The van der Waals surface area contributed by atoms with Gasteiger partial charge in [0.2, 0.25) is 5.91 Å². The number of primary amides is 1. The van der Waals surface area contributed by atoms with Gasteiger partial charge in [-0.3, -0.25) is 4.79 Å². The maximum Gasteiger partial charge on any atom is 0.319 e. The van der Waals surface area contributed by atoms with Crippen LogP contribution in [0.4, 0.5) is 14.9 Å². The topological polar surface area (TPSA) is 84.2 Å². The highest BCUT2D eigenvalue weighted by Gasteiger charge is 2.07. The van der Waals surface area contributed by atoms with Gasteiger partial charge in [0.25, 0.3) is 0 Å². The van der Waals surface area contributed by atoms with Crippen molar-refractivity contribution >= 4 is 29.4 Å². The van der Waals surface area contributed by atoms with E-state index in [1.807, 2.05) is 12.1 Å². The average Bonchev–Trinajstić information content (AvgIpc) is 2.54. The summed E-state index contributed by atoms with van der Waals surface area (Å²) in [6, 6.07) is 12.9. The van der Waals surface area contributed by atoms with E-state index in [0.717, 1.165) is 4.90 Å². The number of rotatable bonds is 7. The van der Waals surface area contributed by atoms with Crippen LogP contribution in [-0.2, 0) is 11.3 Å². The average molecular weight is 347 g/mol. The molecule has 0 heterocycles. The zero-order chi connectivity index (χ0) is 17.4. The van der Waals surface area contributed by atoms with Gasteiger partial charge >= 0.3 is 6.03 Å². The summed E-state index contributed by atoms with van der Waals surface area (Å²) >= 11 is 1.44. The lowest BCUT2D eigenvalue weighted by atomic mass is 10.2. The van der Waals surface area contributed by atoms with Crippen molar-refractivity contribution < 1.29 is 14.0 Å². The Balaban J connectivity index is 1.90. The molecule has 0 aliphatic rings. The van der Waals surface area contributed by atoms with Crippen molar-refractivity contribution in [2.45, 2.75) is 17.9 Å². The van der Waals surface area contributed by atoms with Gasteiger partial charge in [-0.2, -0.15) is 0 Å². The first-order valence-electron chi connectivity index (χ1n) is 7.34. The molecule has 0 fully saturated rings. The third kappa shape index (κ3) is 5.92. The highest BCUT2D eigenvalue weighted by molar-refractivity contribution is 7.99. The first-order valence-corrected chi connectivity index (χ1v) is 8.32. The standard InChI is InChI=1S/C17H18FN3O2S/c18-13-5-3-4-12(10-13)11-20-17(23)21-14-6-1-2-7-15(14)24-9-8-16(19)22/h1-7,10H,8-9,11H2,(H2,19,22)(H2,20,21,23). The van der Waals surface area contributed by atoms with Gasteiger partial charge < -0.3 is 16.4 Å². The van der Waals surface area contributed by atoms with E-state index in [1.165, 1.54) is 23.9 Å².